The number of hydrogen-bond donors (Lipinski definition) is 3. The number of carboxylic acids is 1. The molecular formula is C16H28N2O4. The first kappa shape index (κ1) is 18.5. The van der Waals surface area contributed by atoms with Gasteiger partial charge in [-0.1, -0.05) is 39.5 Å². The van der Waals surface area contributed by atoms with E-state index < -0.39 is 17.4 Å². The van der Waals surface area contributed by atoms with Crippen molar-refractivity contribution in [2.45, 2.75) is 70.8 Å². The highest BCUT2D eigenvalue weighted by molar-refractivity contribution is 5.90. The summed E-state index contributed by atoms with van der Waals surface area (Å²) in [5, 5.41) is 14.7. The number of carbonyl (C=O) groups excluding carboxylic acids is 2. The van der Waals surface area contributed by atoms with Crippen molar-refractivity contribution in [1.82, 2.24) is 10.6 Å². The highest BCUT2D eigenvalue weighted by Gasteiger charge is 2.39. The average molecular weight is 312 g/mol. The van der Waals surface area contributed by atoms with Gasteiger partial charge in [0.15, 0.2) is 0 Å². The second-order valence-electron chi connectivity index (χ2n) is 6.56. The second-order valence-corrected chi connectivity index (χ2v) is 6.56. The number of nitrogens with one attached hydrogen (secondary N) is 2. The van der Waals surface area contributed by atoms with Crippen LogP contribution in [0.3, 0.4) is 0 Å². The maximum Gasteiger partial charge on any atom is 0.329 e. The van der Waals surface area contributed by atoms with E-state index in [2.05, 4.69) is 10.6 Å². The Morgan fingerprint density at radius 3 is 2.14 bits per heavy atom. The smallest absolute Gasteiger partial charge is 0.329 e. The molecule has 1 rings (SSSR count). The Kier molecular flexibility index (Phi) is 7.35. The summed E-state index contributed by atoms with van der Waals surface area (Å²) in [5.74, 6) is -1.15. The zero-order valence-corrected chi connectivity index (χ0v) is 13.6. The molecule has 22 heavy (non-hydrogen) atoms. The summed E-state index contributed by atoms with van der Waals surface area (Å²) in [4.78, 5) is 35.2. The molecule has 1 saturated carbocycles. The first-order valence-electron chi connectivity index (χ1n) is 8.17. The summed E-state index contributed by atoms with van der Waals surface area (Å²) in [7, 11) is 0. The fraction of sp³-hybridized carbons (Fsp3) is 0.812. The normalized spacial score (nSPS) is 17.6. The van der Waals surface area contributed by atoms with Crippen LogP contribution in [0.1, 0.15) is 65.2 Å². The van der Waals surface area contributed by atoms with Crippen LogP contribution in [0, 0.1) is 5.92 Å². The van der Waals surface area contributed by atoms with E-state index in [1.54, 1.807) is 0 Å². The highest BCUT2D eigenvalue weighted by atomic mass is 16.4. The van der Waals surface area contributed by atoms with Crippen LogP contribution in [0.2, 0.25) is 0 Å². The standard InChI is InChI=1S/C16H28N2O4/c1-12(2)7-8-13(19)17-11-14(20)18-16(15(21)22)9-5-3-4-6-10-16/h12H,3-11H2,1-2H3,(H,17,19)(H,18,20)(H,21,22). The van der Waals surface area contributed by atoms with Crippen molar-refractivity contribution in [2.24, 2.45) is 5.92 Å². The molecule has 1 aliphatic rings. The molecule has 3 N–H and O–H groups in total. The molecule has 0 atom stereocenters. The lowest BCUT2D eigenvalue weighted by Gasteiger charge is -2.29. The third kappa shape index (κ3) is 6.03. The maximum atomic E-state index is 12.0. The number of carboxylic acid groups (broad SMARTS) is 1. The Labute approximate surface area is 132 Å². The van der Waals surface area contributed by atoms with Crippen LogP contribution in [-0.2, 0) is 14.4 Å². The van der Waals surface area contributed by atoms with Crippen molar-refractivity contribution < 1.29 is 19.5 Å². The van der Waals surface area contributed by atoms with Crippen molar-refractivity contribution in [1.29, 1.82) is 0 Å². The molecule has 0 spiro atoms. The molecule has 0 saturated heterocycles. The summed E-state index contributed by atoms with van der Waals surface area (Å²) in [6.45, 7) is 3.90. The van der Waals surface area contributed by atoms with Gasteiger partial charge in [0, 0.05) is 6.42 Å². The summed E-state index contributed by atoms with van der Waals surface area (Å²) < 4.78 is 0. The van der Waals surface area contributed by atoms with E-state index in [0.717, 1.165) is 32.1 Å². The summed E-state index contributed by atoms with van der Waals surface area (Å²) in [6, 6.07) is 0. The van der Waals surface area contributed by atoms with Crippen molar-refractivity contribution in [2.75, 3.05) is 6.54 Å². The molecular weight excluding hydrogens is 284 g/mol. The van der Waals surface area contributed by atoms with Gasteiger partial charge in [-0.25, -0.2) is 4.79 Å². The summed E-state index contributed by atoms with van der Waals surface area (Å²) >= 11 is 0. The Hall–Kier alpha value is -1.59. The number of aliphatic carboxylic acids is 1. The number of rotatable bonds is 7. The van der Waals surface area contributed by atoms with Crippen LogP contribution in [-0.4, -0.2) is 35.0 Å². The van der Waals surface area contributed by atoms with Gasteiger partial charge in [0.05, 0.1) is 6.54 Å². The van der Waals surface area contributed by atoms with Crippen LogP contribution in [0.15, 0.2) is 0 Å². The van der Waals surface area contributed by atoms with Crippen LogP contribution in [0.25, 0.3) is 0 Å². The Morgan fingerprint density at radius 1 is 1.05 bits per heavy atom. The van der Waals surface area contributed by atoms with Crippen LogP contribution >= 0.6 is 0 Å². The van der Waals surface area contributed by atoms with Gasteiger partial charge in [-0.15, -0.1) is 0 Å². The van der Waals surface area contributed by atoms with Crippen LogP contribution in [0.4, 0.5) is 0 Å². The molecule has 0 aromatic carbocycles. The highest BCUT2D eigenvalue weighted by Crippen LogP contribution is 2.27. The monoisotopic (exact) mass is 312 g/mol. The Balaban J connectivity index is 2.47. The SMILES string of the molecule is CC(C)CCC(=O)NCC(=O)NC1(C(=O)O)CCCCCC1. The minimum atomic E-state index is -1.17. The molecule has 0 bridgehead atoms. The molecule has 126 valence electrons. The maximum absolute atomic E-state index is 12.0. The quantitative estimate of drug-likeness (QED) is 0.625. The molecule has 0 heterocycles. The van der Waals surface area contributed by atoms with Gasteiger partial charge in [-0.05, 0) is 25.2 Å². The lowest BCUT2D eigenvalue weighted by molar-refractivity contribution is -0.148. The van der Waals surface area contributed by atoms with E-state index in [-0.39, 0.29) is 12.5 Å². The zero-order valence-electron chi connectivity index (χ0n) is 13.6. The van der Waals surface area contributed by atoms with Crippen molar-refractivity contribution >= 4 is 17.8 Å². The van der Waals surface area contributed by atoms with E-state index >= 15 is 0 Å². The van der Waals surface area contributed by atoms with Gasteiger partial charge in [-0.2, -0.15) is 0 Å². The molecule has 0 aromatic rings. The minimum absolute atomic E-state index is 0.161. The van der Waals surface area contributed by atoms with Crippen molar-refractivity contribution in [3.8, 4) is 0 Å². The van der Waals surface area contributed by atoms with Gasteiger partial charge in [0.1, 0.15) is 5.54 Å². The largest absolute Gasteiger partial charge is 0.480 e. The molecule has 0 radical (unpaired) electrons. The lowest BCUT2D eigenvalue weighted by atomic mass is 9.90. The van der Waals surface area contributed by atoms with Gasteiger partial charge < -0.3 is 15.7 Å². The Morgan fingerprint density at radius 2 is 1.64 bits per heavy atom. The molecule has 0 aromatic heterocycles. The number of hydrogen-bond acceptors (Lipinski definition) is 3. The zero-order chi connectivity index (χ0) is 16.6. The summed E-state index contributed by atoms with van der Waals surface area (Å²) in [6.07, 6.45) is 5.65. The molecule has 1 fully saturated rings. The second kappa shape index (κ2) is 8.76. The molecule has 6 nitrogen and oxygen atoms in total. The third-order valence-corrected chi connectivity index (χ3v) is 4.14. The van der Waals surface area contributed by atoms with Crippen LogP contribution < -0.4 is 10.6 Å². The third-order valence-electron chi connectivity index (χ3n) is 4.14. The fourth-order valence-corrected chi connectivity index (χ4v) is 2.72. The van der Waals surface area contributed by atoms with E-state index in [0.29, 0.717) is 25.2 Å². The van der Waals surface area contributed by atoms with E-state index in [1.807, 2.05) is 13.8 Å². The van der Waals surface area contributed by atoms with Gasteiger partial charge >= 0.3 is 5.97 Å². The van der Waals surface area contributed by atoms with E-state index in [9.17, 15) is 19.5 Å². The van der Waals surface area contributed by atoms with Crippen LogP contribution in [0.5, 0.6) is 0 Å². The van der Waals surface area contributed by atoms with Gasteiger partial charge in [0.2, 0.25) is 11.8 Å². The predicted molar refractivity (Wildman–Crippen MR) is 83.3 cm³/mol. The van der Waals surface area contributed by atoms with Gasteiger partial charge in [0.25, 0.3) is 0 Å². The van der Waals surface area contributed by atoms with E-state index in [1.165, 1.54) is 0 Å². The lowest BCUT2D eigenvalue weighted by Crippen LogP contribution is -2.56. The Bertz CT molecular complexity index is 399. The van der Waals surface area contributed by atoms with Gasteiger partial charge in [-0.3, -0.25) is 9.59 Å². The molecule has 0 aliphatic heterocycles. The molecule has 6 heteroatoms. The minimum Gasteiger partial charge on any atom is -0.480 e. The first-order valence-corrected chi connectivity index (χ1v) is 8.17. The first-order chi connectivity index (χ1) is 10.4. The molecule has 1 aliphatic carbocycles. The molecule has 0 unspecified atom stereocenters. The molecule has 2 amide bonds. The van der Waals surface area contributed by atoms with E-state index in [4.69, 9.17) is 0 Å². The van der Waals surface area contributed by atoms with Crippen molar-refractivity contribution in [3.63, 3.8) is 0 Å². The number of amides is 2. The van der Waals surface area contributed by atoms with Crippen molar-refractivity contribution in [3.05, 3.63) is 0 Å². The number of carbonyl (C=O) groups is 3. The topological polar surface area (TPSA) is 95.5 Å². The average Bonchev–Trinajstić information content (AvgIpc) is 2.69. The summed E-state index contributed by atoms with van der Waals surface area (Å²) in [5.41, 5.74) is -1.17. The predicted octanol–water partition coefficient (Wildman–Crippen LogP) is 1.83. The fourth-order valence-electron chi connectivity index (χ4n) is 2.72.